The molecule has 6 heteroatoms. The predicted molar refractivity (Wildman–Crippen MR) is 134 cm³/mol. The zero-order valence-electron chi connectivity index (χ0n) is 20.0. The van der Waals surface area contributed by atoms with E-state index in [0.717, 1.165) is 28.5 Å². The Hall–Kier alpha value is -3.93. The second-order valence-electron chi connectivity index (χ2n) is 8.64. The van der Waals surface area contributed by atoms with Crippen LogP contribution in [0.4, 0.5) is 4.39 Å². The van der Waals surface area contributed by atoms with E-state index in [2.05, 4.69) is 0 Å². The van der Waals surface area contributed by atoms with Crippen LogP contribution >= 0.6 is 0 Å². The highest BCUT2D eigenvalue weighted by atomic mass is 19.1. The summed E-state index contributed by atoms with van der Waals surface area (Å²) in [6.07, 6.45) is 0.721. The van der Waals surface area contributed by atoms with E-state index in [-0.39, 0.29) is 37.3 Å². The van der Waals surface area contributed by atoms with Crippen LogP contribution in [0.15, 0.2) is 83.3 Å². The number of fused-ring (bicyclic) bond motifs is 1. The average Bonchev–Trinajstić information content (AvgIpc) is 3.28. The molecule has 0 aliphatic heterocycles. The monoisotopic (exact) mass is 472 g/mol. The maximum atomic E-state index is 13.6. The molecule has 4 rings (SSSR count). The summed E-state index contributed by atoms with van der Waals surface area (Å²) < 4.78 is 19.1. The van der Waals surface area contributed by atoms with Gasteiger partial charge in [0.25, 0.3) is 5.91 Å². The molecule has 0 spiro atoms. The molecule has 35 heavy (non-hydrogen) atoms. The van der Waals surface area contributed by atoms with Gasteiger partial charge in [-0.2, -0.15) is 0 Å². The van der Waals surface area contributed by atoms with Gasteiger partial charge in [0.15, 0.2) is 0 Å². The Kier molecular flexibility index (Phi) is 7.60. The minimum absolute atomic E-state index is 0.0588. The Morgan fingerprint density at radius 1 is 0.857 bits per heavy atom. The van der Waals surface area contributed by atoms with Gasteiger partial charge in [0, 0.05) is 18.7 Å². The molecule has 0 aliphatic rings. The highest BCUT2D eigenvalue weighted by Crippen LogP contribution is 2.21. The summed E-state index contributed by atoms with van der Waals surface area (Å²) >= 11 is 0. The molecule has 3 aromatic carbocycles. The first kappa shape index (κ1) is 24.2. The highest BCUT2D eigenvalue weighted by Gasteiger charge is 2.24. The lowest BCUT2D eigenvalue weighted by Crippen LogP contribution is -2.42. The van der Waals surface area contributed by atoms with Crippen molar-refractivity contribution in [3.8, 4) is 0 Å². The maximum absolute atomic E-state index is 13.6. The molecular formula is C29H29FN2O3. The topological polar surface area (TPSA) is 53.8 Å². The van der Waals surface area contributed by atoms with Crippen LogP contribution in [-0.4, -0.2) is 34.7 Å². The fourth-order valence-corrected chi connectivity index (χ4v) is 4.17. The van der Waals surface area contributed by atoms with Crippen molar-refractivity contribution in [2.45, 2.75) is 33.4 Å². The summed E-state index contributed by atoms with van der Waals surface area (Å²) in [7, 11) is 0. The third-order valence-electron chi connectivity index (χ3n) is 5.91. The van der Waals surface area contributed by atoms with E-state index in [0.29, 0.717) is 17.9 Å². The number of hydrogen-bond acceptors (Lipinski definition) is 3. The molecule has 180 valence electrons. The van der Waals surface area contributed by atoms with Gasteiger partial charge in [0.1, 0.15) is 23.9 Å². The first-order valence-electron chi connectivity index (χ1n) is 11.8. The fraction of sp³-hybridized carbons (Fsp3) is 0.241. The standard InChI is InChI=1S/C29H29FN2O3/c1-3-17-31(29(34)27-10-6-8-23-7-4-5-9-26(23)27)20-28(33)32(19-25-16-11-21(2)35-25)18-22-12-14-24(30)15-13-22/h4-16H,3,17-20H2,1-2H3. The number of carbonyl (C=O) groups is 2. The molecule has 0 fully saturated rings. The lowest BCUT2D eigenvalue weighted by atomic mass is 10.0. The number of hydrogen-bond donors (Lipinski definition) is 0. The third-order valence-corrected chi connectivity index (χ3v) is 5.91. The minimum atomic E-state index is -0.330. The lowest BCUT2D eigenvalue weighted by Gasteiger charge is -2.27. The van der Waals surface area contributed by atoms with Crippen LogP contribution in [0.5, 0.6) is 0 Å². The van der Waals surface area contributed by atoms with Crippen molar-refractivity contribution in [1.29, 1.82) is 0 Å². The van der Waals surface area contributed by atoms with E-state index in [9.17, 15) is 14.0 Å². The van der Waals surface area contributed by atoms with Gasteiger partial charge < -0.3 is 14.2 Å². The van der Waals surface area contributed by atoms with Crippen LogP contribution in [0.25, 0.3) is 10.8 Å². The smallest absolute Gasteiger partial charge is 0.254 e. The van der Waals surface area contributed by atoms with Crippen LogP contribution in [0.3, 0.4) is 0 Å². The van der Waals surface area contributed by atoms with Crippen molar-refractivity contribution in [2.75, 3.05) is 13.1 Å². The van der Waals surface area contributed by atoms with Gasteiger partial charge in [-0.3, -0.25) is 9.59 Å². The second kappa shape index (κ2) is 11.0. The summed E-state index contributed by atoms with van der Waals surface area (Å²) in [4.78, 5) is 30.3. The van der Waals surface area contributed by atoms with Crippen LogP contribution in [0, 0.1) is 12.7 Å². The number of amides is 2. The van der Waals surface area contributed by atoms with Gasteiger partial charge in [-0.25, -0.2) is 4.39 Å². The molecule has 0 N–H and O–H groups in total. The molecule has 0 saturated carbocycles. The van der Waals surface area contributed by atoms with Crippen molar-refractivity contribution in [3.63, 3.8) is 0 Å². The molecule has 0 radical (unpaired) electrons. The van der Waals surface area contributed by atoms with E-state index < -0.39 is 0 Å². The van der Waals surface area contributed by atoms with Gasteiger partial charge in [-0.15, -0.1) is 0 Å². The van der Waals surface area contributed by atoms with Crippen LogP contribution in [0.1, 0.15) is 40.8 Å². The molecule has 0 unspecified atom stereocenters. The Morgan fingerprint density at radius 2 is 1.60 bits per heavy atom. The molecule has 4 aromatic rings. The Labute approximate surface area is 204 Å². The molecule has 0 aliphatic carbocycles. The first-order valence-corrected chi connectivity index (χ1v) is 11.8. The number of furan rings is 1. The lowest BCUT2D eigenvalue weighted by molar-refractivity contribution is -0.133. The quantitative estimate of drug-likeness (QED) is 0.302. The van der Waals surface area contributed by atoms with E-state index >= 15 is 0 Å². The van der Waals surface area contributed by atoms with Crippen molar-refractivity contribution in [2.24, 2.45) is 0 Å². The number of carbonyl (C=O) groups excluding carboxylic acids is 2. The number of aryl methyl sites for hydroxylation is 1. The van der Waals surface area contributed by atoms with Gasteiger partial charge in [0.05, 0.1) is 6.54 Å². The summed E-state index contributed by atoms with van der Waals surface area (Å²) in [6.45, 7) is 4.76. The molecule has 2 amide bonds. The normalized spacial score (nSPS) is 10.9. The molecular weight excluding hydrogens is 443 g/mol. The number of halogens is 1. The molecule has 1 aromatic heterocycles. The minimum Gasteiger partial charge on any atom is -0.464 e. The van der Waals surface area contributed by atoms with Gasteiger partial charge in [0.2, 0.25) is 5.91 Å². The third kappa shape index (κ3) is 5.96. The van der Waals surface area contributed by atoms with Gasteiger partial charge >= 0.3 is 0 Å². The van der Waals surface area contributed by atoms with Gasteiger partial charge in [-0.1, -0.05) is 55.5 Å². The van der Waals surface area contributed by atoms with E-state index in [1.807, 2.05) is 62.4 Å². The highest BCUT2D eigenvalue weighted by molar-refractivity contribution is 6.07. The molecule has 0 bridgehead atoms. The summed E-state index contributed by atoms with van der Waals surface area (Å²) in [6, 6.07) is 23.1. The Balaban J connectivity index is 1.58. The predicted octanol–water partition coefficient (Wildman–Crippen LogP) is 5.96. The van der Waals surface area contributed by atoms with Crippen molar-refractivity contribution in [3.05, 3.63) is 107 Å². The SMILES string of the molecule is CCCN(CC(=O)N(Cc1ccc(F)cc1)Cc1ccc(C)o1)C(=O)c1cccc2ccccc12. The average molecular weight is 473 g/mol. The van der Waals surface area contributed by atoms with Gasteiger partial charge in [-0.05, 0) is 60.0 Å². The maximum Gasteiger partial charge on any atom is 0.254 e. The van der Waals surface area contributed by atoms with E-state index in [1.54, 1.807) is 28.0 Å². The zero-order chi connectivity index (χ0) is 24.8. The number of benzene rings is 3. The van der Waals surface area contributed by atoms with E-state index in [4.69, 9.17) is 4.42 Å². The fourth-order valence-electron chi connectivity index (χ4n) is 4.17. The Bertz CT molecular complexity index is 1310. The Morgan fingerprint density at radius 3 is 2.31 bits per heavy atom. The van der Waals surface area contributed by atoms with Crippen molar-refractivity contribution >= 4 is 22.6 Å². The molecule has 5 nitrogen and oxygen atoms in total. The van der Waals surface area contributed by atoms with E-state index in [1.165, 1.54) is 12.1 Å². The molecule has 1 heterocycles. The number of rotatable bonds is 9. The number of nitrogens with zero attached hydrogens (tertiary/aromatic N) is 2. The second-order valence-corrected chi connectivity index (χ2v) is 8.64. The molecule has 0 atom stereocenters. The van der Waals surface area contributed by atoms with Crippen LogP contribution in [-0.2, 0) is 17.9 Å². The summed E-state index contributed by atoms with van der Waals surface area (Å²) in [5.74, 6) is 0.703. The van der Waals surface area contributed by atoms with Crippen LogP contribution < -0.4 is 0 Å². The first-order chi connectivity index (χ1) is 16.9. The van der Waals surface area contributed by atoms with Crippen LogP contribution in [0.2, 0.25) is 0 Å². The largest absolute Gasteiger partial charge is 0.464 e. The summed E-state index contributed by atoms with van der Waals surface area (Å²) in [5.41, 5.74) is 1.38. The van der Waals surface area contributed by atoms with Crippen molar-refractivity contribution in [1.82, 2.24) is 9.80 Å². The summed E-state index contributed by atoms with van der Waals surface area (Å²) in [5, 5.41) is 1.84. The zero-order valence-corrected chi connectivity index (χ0v) is 20.0. The molecule has 0 saturated heterocycles. The van der Waals surface area contributed by atoms with Crippen molar-refractivity contribution < 1.29 is 18.4 Å².